The van der Waals surface area contributed by atoms with Crippen LogP contribution in [-0.2, 0) is 17.8 Å². The first-order valence-corrected chi connectivity index (χ1v) is 8.99. The number of aryl methyl sites for hydroxylation is 1. The third-order valence-electron chi connectivity index (χ3n) is 4.68. The first kappa shape index (κ1) is 17.0. The molecule has 2 aromatic heterocycles. The van der Waals surface area contributed by atoms with Gasteiger partial charge in [0.1, 0.15) is 0 Å². The number of fused-ring (bicyclic) bond motifs is 2. The van der Waals surface area contributed by atoms with Gasteiger partial charge in [-0.2, -0.15) is 5.10 Å². The standard InChI is InChI=1S/C21H20N4O2/c26-20(14-18-16-7-2-3-8-17(16)21(27)24-23-18)22-11-5-12-25-13-10-15-6-1-4-9-19(15)25/h1-4,6-10,13H,5,11-12,14H2,(H,22,26)(H,24,27). The summed E-state index contributed by atoms with van der Waals surface area (Å²) in [5.41, 5.74) is 1.54. The van der Waals surface area contributed by atoms with E-state index in [1.165, 1.54) is 10.9 Å². The maximum Gasteiger partial charge on any atom is 0.272 e. The Morgan fingerprint density at radius 3 is 2.70 bits per heavy atom. The summed E-state index contributed by atoms with van der Waals surface area (Å²) in [6, 6.07) is 17.5. The summed E-state index contributed by atoms with van der Waals surface area (Å²) in [5, 5.41) is 11.9. The van der Waals surface area contributed by atoms with Gasteiger partial charge in [-0.15, -0.1) is 0 Å². The number of carbonyl (C=O) groups is 1. The highest BCUT2D eigenvalue weighted by molar-refractivity contribution is 5.88. The van der Waals surface area contributed by atoms with Gasteiger partial charge in [-0.05, 0) is 30.0 Å². The lowest BCUT2D eigenvalue weighted by molar-refractivity contribution is -0.120. The minimum Gasteiger partial charge on any atom is -0.356 e. The van der Waals surface area contributed by atoms with E-state index in [0.29, 0.717) is 17.6 Å². The van der Waals surface area contributed by atoms with Crippen LogP contribution in [0.1, 0.15) is 12.1 Å². The molecule has 136 valence electrons. The van der Waals surface area contributed by atoms with Crippen molar-refractivity contribution in [3.63, 3.8) is 0 Å². The minimum absolute atomic E-state index is 0.0999. The van der Waals surface area contributed by atoms with Crippen LogP contribution in [0.5, 0.6) is 0 Å². The van der Waals surface area contributed by atoms with Crippen LogP contribution < -0.4 is 10.9 Å². The molecule has 0 saturated carbocycles. The zero-order valence-electron chi connectivity index (χ0n) is 14.8. The summed E-state index contributed by atoms with van der Waals surface area (Å²) in [6.07, 6.45) is 3.05. The van der Waals surface area contributed by atoms with Gasteiger partial charge in [0, 0.05) is 30.2 Å². The Morgan fingerprint density at radius 2 is 1.81 bits per heavy atom. The number of H-pyrrole nitrogens is 1. The number of rotatable bonds is 6. The van der Waals surface area contributed by atoms with Crippen molar-refractivity contribution >= 4 is 27.6 Å². The highest BCUT2D eigenvalue weighted by atomic mass is 16.1. The fraction of sp³-hybridized carbons (Fsp3) is 0.190. The number of benzene rings is 2. The Kier molecular flexibility index (Phi) is 4.70. The molecule has 0 aliphatic heterocycles. The Hall–Kier alpha value is -3.41. The number of aromatic amines is 1. The number of aromatic nitrogens is 3. The highest BCUT2D eigenvalue weighted by Gasteiger charge is 2.10. The molecule has 2 heterocycles. The molecule has 0 fully saturated rings. The molecule has 6 heteroatoms. The van der Waals surface area contributed by atoms with Gasteiger partial charge in [0.15, 0.2) is 0 Å². The molecule has 27 heavy (non-hydrogen) atoms. The van der Waals surface area contributed by atoms with E-state index < -0.39 is 0 Å². The van der Waals surface area contributed by atoms with Crippen molar-refractivity contribution in [3.05, 3.63) is 76.8 Å². The summed E-state index contributed by atoms with van der Waals surface area (Å²) < 4.78 is 2.19. The molecular weight excluding hydrogens is 340 g/mol. The number of hydrogen-bond acceptors (Lipinski definition) is 3. The molecule has 6 nitrogen and oxygen atoms in total. The third kappa shape index (κ3) is 3.60. The fourth-order valence-corrected chi connectivity index (χ4v) is 3.33. The molecule has 2 aromatic carbocycles. The SMILES string of the molecule is O=C(Cc1n[nH]c(=O)c2ccccc12)NCCCn1ccc2ccccc21. The smallest absolute Gasteiger partial charge is 0.272 e. The van der Waals surface area contributed by atoms with Gasteiger partial charge in [-0.3, -0.25) is 9.59 Å². The third-order valence-corrected chi connectivity index (χ3v) is 4.68. The highest BCUT2D eigenvalue weighted by Crippen LogP contribution is 2.15. The second-order valence-corrected chi connectivity index (χ2v) is 6.49. The van der Waals surface area contributed by atoms with Gasteiger partial charge in [0.2, 0.25) is 5.91 Å². The van der Waals surface area contributed by atoms with Crippen molar-refractivity contribution in [2.24, 2.45) is 0 Å². The van der Waals surface area contributed by atoms with Gasteiger partial charge < -0.3 is 9.88 Å². The monoisotopic (exact) mass is 360 g/mol. The van der Waals surface area contributed by atoms with Crippen LogP contribution in [0.15, 0.2) is 65.6 Å². The van der Waals surface area contributed by atoms with Gasteiger partial charge in [0.05, 0.1) is 17.5 Å². The van der Waals surface area contributed by atoms with Crippen LogP contribution in [0.2, 0.25) is 0 Å². The molecule has 4 aromatic rings. The van der Waals surface area contributed by atoms with E-state index in [2.05, 4.69) is 44.5 Å². The van der Waals surface area contributed by atoms with E-state index in [-0.39, 0.29) is 17.9 Å². The number of carbonyl (C=O) groups excluding carboxylic acids is 1. The van der Waals surface area contributed by atoms with E-state index in [4.69, 9.17) is 0 Å². The van der Waals surface area contributed by atoms with Crippen LogP contribution in [0.3, 0.4) is 0 Å². The van der Waals surface area contributed by atoms with E-state index in [1.807, 2.05) is 24.3 Å². The van der Waals surface area contributed by atoms with E-state index in [1.54, 1.807) is 12.1 Å². The molecule has 0 radical (unpaired) electrons. The van der Waals surface area contributed by atoms with E-state index >= 15 is 0 Å². The van der Waals surface area contributed by atoms with E-state index in [9.17, 15) is 9.59 Å². The second-order valence-electron chi connectivity index (χ2n) is 6.49. The Bertz CT molecular complexity index is 1160. The number of nitrogens with zero attached hydrogens (tertiary/aromatic N) is 2. The van der Waals surface area contributed by atoms with Crippen molar-refractivity contribution in [1.82, 2.24) is 20.1 Å². The summed E-state index contributed by atoms with van der Waals surface area (Å²) in [5.74, 6) is -0.0999. The molecule has 4 rings (SSSR count). The molecule has 2 N–H and O–H groups in total. The minimum atomic E-state index is -0.242. The van der Waals surface area contributed by atoms with Crippen LogP contribution in [0.4, 0.5) is 0 Å². The van der Waals surface area contributed by atoms with Crippen molar-refractivity contribution in [2.75, 3.05) is 6.54 Å². The normalized spacial score (nSPS) is 11.1. The zero-order chi connectivity index (χ0) is 18.6. The van der Waals surface area contributed by atoms with Crippen LogP contribution >= 0.6 is 0 Å². The van der Waals surface area contributed by atoms with Gasteiger partial charge >= 0.3 is 0 Å². The summed E-state index contributed by atoms with van der Waals surface area (Å²) in [4.78, 5) is 24.1. The Balaban J connectivity index is 1.34. The summed E-state index contributed by atoms with van der Waals surface area (Å²) in [6.45, 7) is 1.43. The number of nitrogens with one attached hydrogen (secondary N) is 2. The predicted octanol–water partition coefficient (Wildman–Crippen LogP) is 2.63. The summed E-state index contributed by atoms with van der Waals surface area (Å²) in [7, 11) is 0. The molecule has 0 atom stereocenters. The maximum atomic E-state index is 12.3. The van der Waals surface area contributed by atoms with Crippen molar-refractivity contribution < 1.29 is 4.79 Å². The van der Waals surface area contributed by atoms with Crippen molar-refractivity contribution in [1.29, 1.82) is 0 Å². The molecule has 0 spiro atoms. The molecule has 0 saturated heterocycles. The van der Waals surface area contributed by atoms with Crippen molar-refractivity contribution in [2.45, 2.75) is 19.4 Å². The number of amides is 1. The topological polar surface area (TPSA) is 79.8 Å². The second kappa shape index (κ2) is 7.45. The van der Waals surface area contributed by atoms with Gasteiger partial charge in [-0.1, -0.05) is 36.4 Å². The molecule has 0 unspecified atom stereocenters. The molecule has 1 amide bonds. The maximum absolute atomic E-state index is 12.3. The Labute approximate surface area is 155 Å². The lowest BCUT2D eigenvalue weighted by Gasteiger charge is -2.08. The molecule has 0 bridgehead atoms. The zero-order valence-corrected chi connectivity index (χ0v) is 14.8. The predicted molar refractivity (Wildman–Crippen MR) is 106 cm³/mol. The van der Waals surface area contributed by atoms with Crippen LogP contribution in [-0.4, -0.2) is 27.2 Å². The Morgan fingerprint density at radius 1 is 1.04 bits per heavy atom. The number of hydrogen-bond donors (Lipinski definition) is 2. The fourth-order valence-electron chi connectivity index (χ4n) is 3.33. The van der Waals surface area contributed by atoms with Crippen molar-refractivity contribution in [3.8, 4) is 0 Å². The van der Waals surface area contributed by atoms with Crippen LogP contribution in [0, 0.1) is 0 Å². The lowest BCUT2D eigenvalue weighted by Crippen LogP contribution is -2.27. The largest absolute Gasteiger partial charge is 0.356 e. The lowest BCUT2D eigenvalue weighted by atomic mass is 10.1. The quantitative estimate of drug-likeness (QED) is 0.519. The first-order valence-electron chi connectivity index (χ1n) is 8.99. The summed E-state index contributed by atoms with van der Waals surface area (Å²) >= 11 is 0. The van der Waals surface area contributed by atoms with E-state index in [0.717, 1.165) is 18.4 Å². The molecule has 0 aliphatic rings. The first-order chi connectivity index (χ1) is 13.2. The molecule has 0 aliphatic carbocycles. The number of para-hydroxylation sites is 1. The van der Waals surface area contributed by atoms with Gasteiger partial charge in [0.25, 0.3) is 5.56 Å². The molecular formula is C21H20N4O2. The van der Waals surface area contributed by atoms with Gasteiger partial charge in [-0.25, -0.2) is 5.10 Å². The van der Waals surface area contributed by atoms with Crippen LogP contribution in [0.25, 0.3) is 21.7 Å². The average molecular weight is 360 g/mol. The average Bonchev–Trinajstić information content (AvgIpc) is 3.11.